The Hall–Kier alpha value is -2.26. The van der Waals surface area contributed by atoms with Gasteiger partial charge in [0.15, 0.2) is 0 Å². The van der Waals surface area contributed by atoms with Crippen molar-refractivity contribution < 1.29 is 26.4 Å². The molecule has 0 aromatic heterocycles. The van der Waals surface area contributed by atoms with Crippen molar-refractivity contribution in [3.63, 3.8) is 0 Å². The highest BCUT2D eigenvalue weighted by atomic mass is 35.5. The lowest BCUT2D eigenvalue weighted by Gasteiger charge is -2.28. The molecule has 2 aromatic carbocycles. The predicted molar refractivity (Wildman–Crippen MR) is 112 cm³/mol. The van der Waals surface area contributed by atoms with Gasteiger partial charge in [0.05, 0.1) is 27.6 Å². The van der Waals surface area contributed by atoms with Crippen molar-refractivity contribution in [2.75, 3.05) is 11.4 Å². The molecule has 1 aliphatic heterocycles. The maximum absolute atomic E-state index is 13.0. The van der Waals surface area contributed by atoms with Crippen molar-refractivity contribution >= 4 is 33.2 Å². The first-order valence-corrected chi connectivity index (χ1v) is 11.8. The quantitative estimate of drug-likeness (QED) is 0.670. The standard InChI is InChI=1S/C21H20ClF3N2O3S/c22-17-12-15(21(23,24)25)6-9-19(17)27-10-2-5-18(27)13-3-1-4-14(11-13)20(28)26-31(29,30)16-7-8-16/h1,3-4,6,9,11-12,16,18H,2,5,7-8,10H2,(H,26,28). The van der Waals surface area contributed by atoms with Gasteiger partial charge in [0, 0.05) is 12.1 Å². The highest BCUT2D eigenvalue weighted by Crippen LogP contribution is 2.41. The molecule has 1 saturated carbocycles. The summed E-state index contributed by atoms with van der Waals surface area (Å²) >= 11 is 6.19. The van der Waals surface area contributed by atoms with E-state index in [1.807, 2.05) is 11.0 Å². The van der Waals surface area contributed by atoms with E-state index in [1.54, 1.807) is 12.1 Å². The molecule has 5 nitrogen and oxygen atoms in total. The van der Waals surface area contributed by atoms with Crippen molar-refractivity contribution in [2.24, 2.45) is 0 Å². The molecule has 2 fully saturated rings. The Morgan fingerprint density at radius 3 is 2.48 bits per heavy atom. The molecule has 1 heterocycles. The van der Waals surface area contributed by atoms with Gasteiger partial charge in [-0.15, -0.1) is 0 Å². The van der Waals surface area contributed by atoms with E-state index in [2.05, 4.69) is 4.72 Å². The molecule has 0 radical (unpaired) electrons. The van der Waals surface area contributed by atoms with Crippen LogP contribution in [0.25, 0.3) is 0 Å². The van der Waals surface area contributed by atoms with Crippen LogP contribution in [0.4, 0.5) is 18.9 Å². The third-order valence-corrected chi connectivity index (χ3v) is 7.69. The van der Waals surface area contributed by atoms with E-state index in [1.165, 1.54) is 12.1 Å². The molecule has 1 atom stereocenters. The van der Waals surface area contributed by atoms with Crippen LogP contribution < -0.4 is 9.62 Å². The first kappa shape index (κ1) is 22.0. The molecule has 166 valence electrons. The van der Waals surface area contributed by atoms with Crippen LogP contribution >= 0.6 is 11.6 Å². The molecule has 1 N–H and O–H groups in total. The minimum atomic E-state index is -4.48. The van der Waals surface area contributed by atoms with Gasteiger partial charge >= 0.3 is 6.18 Å². The third-order valence-electron chi connectivity index (χ3n) is 5.57. The third kappa shape index (κ3) is 4.67. The van der Waals surface area contributed by atoms with Crippen molar-refractivity contribution in [3.05, 3.63) is 64.2 Å². The lowest BCUT2D eigenvalue weighted by Crippen LogP contribution is -2.33. The zero-order valence-corrected chi connectivity index (χ0v) is 17.9. The molecule has 0 bridgehead atoms. The van der Waals surface area contributed by atoms with Gasteiger partial charge in [-0.25, -0.2) is 13.1 Å². The molecule has 10 heteroatoms. The van der Waals surface area contributed by atoms with E-state index in [4.69, 9.17) is 11.6 Å². The number of carbonyl (C=O) groups is 1. The maximum atomic E-state index is 13.0. The lowest BCUT2D eigenvalue weighted by atomic mass is 10.0. The van der Waals surface area contributed by atoms with Gasteiger partial charge < -0.3 is 4.90 Å². The Kier molecular flexibility index (Phi) is 5.68. The molecule has 1 amide bonds. The van der Waals surface area contributed by atoms with Crippen LogP contribution in [0.3, 0.4) is 0 Å². The average Bonchev–Trinajstić information content (AvgIpc) is 3.46. The Balaban J connectivity index is 1.58. The summed E-state index contributed by atoms with van der Waals surface area (Å²) in [7, 11) is -3.66. The topological polar surface area (TPSA) is 66.5 Å². The number of nitrogens with zero attached hydrogens (tertiary/aromatic N) is 1. The molecular weight excluding hydrogens is 453 g/mol. The summed E-state index contributed by atoms with van der Waals surface area (Å²) in [6.07, 6.45) is -1.85. The summed E-state index contributed by atoms with van der Waals surface area (Å²) in [5.74, 6) is -0.689. The molecule has 2 aliphatic rings. The van der Waals surface area contributed by atoms with Crippen LogP contribution in [0.15, 0.2) is 42.5 Å². The first-order valence-electron chi connectivity index (χ1n) is 9.85. The summed E-state index contributed by atoms with van der Waals surface area (Å²) in [6, 6.07) is 9.72. The van der Waals surface area contributed by atoms with Crippen molar-refractivity contribution in [3.8, 4) is 0 Å². The van der Waals surface area contributed by atoms with E-state index >= 15 is 0 Å². The first-order chi connectivity index (χ1) is 14.6. The molecular formula is C21H20ClF3N2O3S. The predicted octanol–water partition coefficient (Wildman–Crippen LogP) is 4.92. The second kappa shape index (κ2) is 8.02. The Bertz CT molecular complexity index is 1120. The van der Waals surface area contributed by atoms with Gasteiger partial charge in [-0.3, -0.25) is 4.79 Å². The smallest absolute Gasteiger partial charge is 0.363 e. The van der Waals surface area contributed by atoms with E-state index in [-0.39, 0.29) is 16.6 Å². The summed E-state index contributed by atoms with van der Waals surface area (Å²) in [4.78, 5) is 14.4. The SMILES string of the molecule is O=C(NS(=O)(=O)C1CC1)c1cccc(C2CCCN2c2ccc(C(F)(F)F)cc2Cl)c1. The second-order valence-electron chi connectivity index (χ2n) is 7.82. The Morgan fingerprint density at radius 2 is 1.84 bits per heavy atom. The number of amides is 1. The van der Waals surface area contributed by atoms with Crippen LogP contribution in [0.1, 0.15) is 53.2 Å². The monoisotopic (exact) mass is 472 g/mol. The van der Waals surface area contributed by atoms with E-state index in [0.717, 1.165) is 30.5 Å². The molecule has 4 rings (SSSR count). The average molecular weight is 473 g/mol. The summed E-state index contributed by atoms with van der Waals surface area (Å²) < 4.78 is 65.1. The largest absolute Gasteiger partial charge is 0.416 e. The second-order valence-corrected chi connectivity index (χ2v) is 10.2. The Labute approximate surface area is 183 Å². The normalized spacial score (nSPS) is 19.5. The summed E-state index contributed by atoms with van der Waals surface area (Å²) in [5.41, 5.74) is 0.660. The summed E-state index contributed by atoms with van der Waals surface area (Å²) in [5, 5.41) is -0.502. The van der Waals surface area contributed by atoms with Crippen molar-refractivity contribution in [2.45, 2.75) is 43.2 Å². The number of halogens is 4. The van der Waals surface area contributed by atoms with Gasteiger partial charge in [-0.2, -0.15) is 13.2 Å². The molecule has 1 saturated heterocycles. The van der Waals surface area contributed by atoms with E-state index in [0.29, 0.717) is 25.1 Å². The number of anilines is 1. The Morgan fingerprint density at radius 1 is 1.10 bits per heavy atom. The van der Waals surface area contributed by atoms with Gasteiger partial charge in [-0.1, -0.05) is 23.7 Å². The van der Waals surface area contributed by atoms with Crippen LogP contribution in [0.2, 0.25) is 5.02 Å². The molecule has 31 heavy (non-hydrogen) atoms. The minimum Gasteiger partial charge on any atom is -0.363 e. The number of hydrogen-bond acceptors (Lipinski definition) is 4. The van der Waals surface area contributed by atoms with Gasteiger partial charge in [-0.05, 0) is 61.6 Å². The number of hydrogen-bond donors (Lipinski definition) is 1. The lowest BCUT2D eigenvalue weighted by molar-refractivity contribution is -0.137. The zero-order chi connectivity index (χ0) is 22.4. The van der Waals surface area contributed by atoms with E-state index < -0.39 is 32.9 Å². The van der Waals surface area contributed by atoms with Gasteiger partial charge in [0.1, 0.15) is 0 Å². The maximum Gasteiger partial charge on any atom is 0.416 e. The van der Waals surface area contributed by atoms with Crippen LogP contribution in [-0.4, -0.2) is 26.1 Å². The number of rotatable bonds is 5. The fraction of sp³-hybridized carbons (Fsp3) is 0.381. The highest BCUT2D eigenvalue weighted by molar-refractivity contribution is 7.91. The zero-order valence-electron chi connectivity index (χ0n) is 16.3. The van der Waals surface area contributed by atoms with Gasteiger partial charge in [0.25, 0.3) is 5.91 Å². The highest BCUT2D eigenvalue weighted by Gasteiger charge is 2.37. The number of sulfonamides is 1. The molecule has 1 unspecified atom stereocenters. The van der Waals surface area contributed by atoms with E-state index in [9.17, 15) is 26.4 Å². The van der Waals surface area contributed by atoms with Crippen molar-refractivity contribution in [1.82, 2.24) is 4.72 Å². The fourth-order valence-corrected chi connectivity index (χ4v) is 5.44. The van der Waals surface area contributed by atoms with Gasteiger partial charge in [0.2, 0.25) is 10.0 Å². The van der Waals surface area contributed by atoms with Crippen LogP contribution in [-0.2, 0) is 16.2 Å². The fourth-order valence-electron chi connectivity index (χ4n) is 3.85. The number of benzene rings is 2. The number of alkyl halides is 3. The minimum absolute atomic E-state index is 0.00569. The molecule has 2 aromatic rings. The molecule has 0 spiro atoms. The molecule has 1 aliphatic carbocycles. The summed E-state index contributed by atoms with van der Waals surface area (Å²) in [6.45, 7) is 0.599. The number of carbonyl (C=O) groups excluding carboxylic acids is 1. The number of nitrogens with one attached hydrogen (secondary N) is 1. The van der Waals surface area contributed by atoms with Crippen LogP contribution in [0, 0.1) is 0 Å². The van der Waals surface area contributed by atoms with Crippen molar-refractivity contribution in [1.29, 1.82) is 0 Å². The van der Waals surface area contributed by atoms with Crippen LogP contribution in [0.5, 0.6) is 0 Å².